The topological polar surface area (TPSA) is 74.6 Å². The van der Waals surface area contributed by atoms with Crippen LogP contribution in [0.3, 0.4) is 0 Å². The smallest absolute Gasteiger partial charge is 0.341 e. The number of carboxylic acid groups (broad SMARTS) is 2. The lowest BCUT2D eigenvalue weighted by atomic mass is 9.99. The van der Waals surface area contributed by atoms with Crippen LogP contribution < -0.4 is 0 Å². The minimum absolute atomic E-state index is 0.351. The summed E-state index contributed by atoms with van der Waals surface area (Å²) in [6.45, 7) is 2.16. The fourth-order valence-corrected chi connectivity index (χ4v) is 3.38. The first-order chi connectivity index (χ1) is 14.6. The maximum absolute atomic E-state index is 12.6. The summed E-state index contributed by atoms with van der Waals surface area (Å²) in [4.78, 5) is 21.1. The van der Waals surface area contributed by atoms with Crippen LogP contribution >= 0.6 is 0 Å². The summed E-state index contributed by atoms with van der Waals surface area (Å²) in [5.74, 6) is -14.4. The maximum atomic E-state index is 12.6. The van der Waals surface area contributed by atoms with E-state index in [4.69, 9.17) is 10.2 Å². The molecule has 0 aliphatic heterocycles. The minimum atomic E-state index is -2.38. The average Bonchev–Trinajstić information content (AvgIpc) is 3.03. The number of carbonyl (C=O) groups is 2. The quantitative estimate of drug-likeness (QED) is 0.312. The highest BCUT2D eigenvalue weighted by Crippen LogP contribution is 2.44. The molecule has 0 saturated heterocycles. The van der Waals surface area contributed by atoms with Crippen LogP contribution in [0.2, 0.25) is 0 Å². The van der Waals surface area contributed by atoms with E-state index in [1.807, 2.05) is 18.2 Å². The molecule has 9 heteroatoms. The zero-order valence-corrected chi connectivity index (χ0v) is 15.7. The van der Waals surface area contributed by atoms with Crippen molar-refractivity contribution in [3.05, 3.63) is 93.8 Å². The van der Waals surface area contributed by atoms with Gasteiger partial charge < -0.3 is 10.2 Å². The first-order valence-corrected chi connectivity index (χ1v) is 8.77. The largest absolute Gasteiger partial charge is 0.478 e. The van der Waals surface area contributed by atoms with E-state index in [0.29, 0.717) is 11.5 Å². The van der Waals surface area contributed by atoms with Crippen LogP contribution in [-0.2, 0) is 0 Å². The minimum Gasteiger partial charge on any atom is -0.478 e. The van der Waals surface area contributed by atoms with Crippen molar-refractivity contribution >= 4 is 11.9 Å². The van der Waals surface area contributed by atoms with Crippen molar-refractivity contribution in [2.75, 3.05) is 0 Å². The molecule has 1 aliphatic carbocycles. The first kappa shape index (κ1) is 21.9. The van der Waals surface area contributed by atoms with E-state index in [9.17, 15) is 31.5 Å². The number of hydrogen-bond acceptors (Lipinski definition) is 2. The Hall–Kier alpha value is -3.75. The first-order valence-electron chi connectivity index (χ1n) is 8.77. The number of hydrogen-bond donors (Lipinski definition) is 2. The van der Waals surface area contributed by atoms with E-state index in [-0.39, 0.29) is 0 Å². The Kier molecular flexibility index (Phi) is 5.79. The molecule has 0 radical (unpaired) electrons. The Morgan fingerprint density at radius 1 is 0.710 bits per heavy atom. The molecule has 1 unspecified atom stereocenters. The molecule has 0 saturated carbocycles. The SMILES string of the molecule is CC1c2ccccc2-c2cc(C(=O)O)ccc21.O=C(O)c1c(F)c(F)c(F)c(F)c1F. The number of halogens is 5. The lowest BCUT2D eigenvalue weighted by Gasteiger charge is -2.05. The molecule has 0 aromatic heterocycles. The van der Waals surface area contributed by atoms with Gasteiger partial charge in [-0.1, -0.05) is 37.3 Å². The highest BCUT2D eigenvalue weighted by molar-refractivity contribution is 5.91. The van der Waals surface area contributed by atoms with Gasteiger partial charge in [-0.3, -0.25) is 0 Å². The van der Waals surface area contributed by atoms with Gasteiger partial charge in [0.1, 0.15) is 5.56 Å². The van der Waals surface area contributed by atoms with Crippen LogP contribution in [0.15, 0.2) is 42.5 Å². The number of benzene rings is 3. The van der Waals surface area contributed by atoms with Gasteiger partial charge in [0, 0.05) is 5.92 Å². The molecule has 0 amide bonds. The van der Waals surface area contributed by atoms with Gasteiger partial charge in [-0.2, -0.15) is 0 Å². The molecule has 4 nitrogen and oxygen atoms in total. The molecule has 4 rings (SSSR count). The lowest BCUT2D eigenvalue weighted by Crippen LogP contribution is -2.11. The van der Waals surface area contributed by atoms with Crippen molar-refractivity contribution in [1.82, 2.24) is 0 Å². The van der Waals surface area contributed by atoms with E-state index in [1.165, 1.54) is 11.1 Å². The van der Waals surface area contributed by atoms with Gasteiger partial charge in [-0.15, -0.1) is 0 Å². The summed E-state index contributed by atoms with van der Waals surface area (Å²) >= 11 is 0. The Balaban J connectivity index is 0.000000180. The van der Waals surface area contributed by atoms with Crippen molar-refractivity contribution < 1.29 is 41.8 Å². The van der Waals surface area contributed by atoms with Gasteiger partial charge in [0.2, 0.25) is 5.82 Å². The van der Waals surface area contributed by atoms with Crippen molar-refractivity contribution in [3.8, 4) is 11.1 Å². The molecule has 0 heterocycles. The number of fused-ring (bicyclic) bond motifs is 3. The Bertz CT molecular complexity index is 1190. The van der Waals surface area contributed by atoms with E-state index < -0.39 is 46.6 Å². The zero-order valence-electron chi connectivity index (χ0n) is 15.7. The normalized spacial score (nSPS) is 13.7. The van der Waals surface area contributed by atoms with Crippen LogP contribution in [0.25, 0.3) is 11.1 Å². The van der Waals surface area contributed by atoms with Gasteiger partial charge in [0.25, 0.3) is 0 Å². The third kappa shape index (κ3) is 3.74. The molecule has 160 valence electrons. The Morgan fingerprint density at radius 2 is 1.23 bits per heavy atom. The predicted molar refractivity (Wildman–Crippen MR) is 99.5 cm³/mol. The second-order valence-electron chi connectivity index (χ2n) is 6.67. The molecule has 0 spiro atoms. The number of carboxylic acids is 2. The van der Waals surface area contributed by atoms with Crippen molar-refractivity contribution in [3.63, 3.8) is 0 Å². The van der Waals surface area contributed by atoms with Crippen molar-refractivity contribution in [2.45, 2.75) is 12.8 Å². The molecular formula is C22H13F5O4. The maximum Gasteiger partial charge on any atom is 0.341 e. The zero-order chi connectivity index (χ0) is 23.0. The van der Waals surface area contributed by atoms with Crippen LogP contribution in [0.4, 0.5) is 22.0 Å². The summed E-state index contributed by atoms with van der Waals surface area (Å²) in [5, 5.41) is 17.2. The molecule has 3 aromatic rings. The monoisotopic (exact) mass is 436 g/mol. The number of rotatable bonds is 2. The standard InChI is InChI=1S/C15H12O2.C7HF5O2/c1-9-11-4-2-3-5-13(11)14-8-10(15(16)17)6-7-12(9)14;8-2-1(7(13)14)3(9)5(11)6(12)4(2)10/h2-9H,1H3,(H,16,17);(H,13,14). The average molecular weight is 436 g/mol. The van der Waals surface area contributed by atoms with Crippen LogP contribution in [0.1, 0.15) is 44.7 Å². The van der Waals surface area contributed by atoms with Gasteiger partial charge in [-0.05, 0) is 34.4 Å². The highest BCUT2D eigenvalue weighted by Gasteiger charge is 2.29. The fourth-order valence-electron chi connectivity index (χ4n) is 3.38. The molecule has 2 N–H and O–H groups in total. The second kappa shape index (κ2) is 8.17. The van der Waals surface area contributed by atoms with Crippen molar-refractivity contribution in [1.29, 1.82) is 0 Å². The van der Waals surface area contributed by atoms with Crippen LogP contribution in [0.5, 0.6) is 0 Å². The van der Waals surface area contributed by atoms with Gasteiger partial charge >= 0.3 is 11.9 Å². The molecule has 1 aliphatic rings. The molecule has 0 fully saturated rings. The summed E-state index contributed by atoms with van der Waals surface area (Å²) in [6.07, 6.45) is 0. The van der Waals surface area contributed by atoms with Crippen molar-refractivity contribution in [2.24, 2.45) is 0 Å². The van der Waals surface area contributed by atoms with E-state index >= 15 is 0 Å². The van der Waals surface area contributed by atoms with E-state index in [1.54, 1.807) is 12.1 Å². The summed E-state index contributed by atoms with van der Waals surface area (Å²) in [7, 11) is 0. The van der Waals surface area contributed by atoms with Crippen LogP contribution in [0, 0.1) is 29.1 Å². The molecule has 0 bridgehead atoms. The van der Waals surface area contributed by atoms with E-state index in [2.05, 4.69) is 19.1 Å². The summed E-state index contributed by atoms with van der Waals surface area (Å²) < 4.78 is 62.1. The predicted octanol–water partition coefficient (Wildman–Crippen LogP) is 5.60. The second-order valence-corrected chi connectivity index (χ2v) is 6.67. The fraction of sp³-hybridized carbons (Fsp3) is 0.0909. The third-order valence-electron chi connectivity index (χ3n) is 4.91. The van der Waals surface area contributed by atoms with Gasteiger partial charge in [0.05, 0.1) is 5.56 Å². The number of aromatic carboxylic acids is 2. The summed E-state index contributed by atoms with van der Waals surface area (Å²) in [6, 6.07) is 13.6. The molecule has 1 atom stereocenters. The Morgan fingerprint density at radius 3 is 1.77 bits per heavy atom. The third-order valence-corrected chi connectivity index (χ3v) is 4.91. The van der Waals surface area contributed by atoms with E-state index in [0.717, 1.165) is 11.1 Å². The highest BCUT2D eigenvalue weighted by atomic mass is 19.2. The molecular weight excluding hydrogens is 423 g/mol. The van der Waals surface area contributed by atoms with Crippen LogP contribution in [-0.4, -0.2) is 22.2 Å². The van der Waals surface area contributed by atoms with Gasteiger partial charge in [0.15, 0.2) is 23.3 Å². The lowest BCUT2D eigenvalue weighted by molar-refractivity contribution is 0.0676. The molecule has 3 aromatic carbocycles. The summed E-state index contributed by atoms with van der Waals surface area (Å²) in [5.41, 5.74) is 3.22. The molecule has 31 heavy (non-hydrogen) atoms. The Labute approximate surface area is 172 Å². The van der Waals surface area contributed by atoms with Gasteiger partial charge in [-0.25, -0.2) is 31.5 Å².